The highest BCUT2D eigenvalue weighted by atomic mass is 32.1. The van der Waals surface area contributed by atoms with Crippen LogP contribution in [0.3, 0.4) is 0 Å². The van der Waals surface area contributed by atoms with E-state index in [4.69, 9.17) is 0 Å². The zero-order valence-corrected chi connectivity index (χ0v) is 18.7. The molecule has 1 N–H and O–H groups in total. The number of allylic oxidation sites excluding steroid dienone is 1. The molecule has 3 aromatic carbocycles. The molecule has 0 bridgehead atoms. The van der Waals surface area contributed by atoms with Crippen LogP contribution in [0, 0.1) is 6.92 Å². The predicted octanol–water partition coefficient (Wildman–Crippen LogP) is 7.69. The molecule has 0 aliphatic heterocycles. The van der Waals surface area contributed by atoms with E-state index in [9.17, 15) is 9.90 Å². The van der Waals surface area contributed by atoms with E-state index in [0.29, 0.717) is 5.56 Å². The number of carbonyl (C=O) groups is 1. The Hall–Kier alpha value is -3.17. The largest absolute Gasteiger partial charge is 0.478 e. The standard InChI is InChI=1S/C28H24O2S/c1-17-7-12-26(31-17)22-13-14-28(2,3)25-15-20-5-4-6-21(23(20)16-24(22)25)18-8-10-19(11-9-18)27(29)30/h4-13,15-16H,14H2,1-3H3,(H,29,30). The van der Waals surface area contributed by atoms with Crippen molar-refractivity contribution in [2.75, 3.05) is 0 Å². The number of hydrogen-bond donors (Lipinski definition) is 1. The summed E-state index contributed by atoms with van der Waals surface area (Å²) in [6.45, 7) is 6.79. The van der Waals surface area contributed by atoms with Crippen LogP contribution in [-0.2, 0) is 5.41 Å². The molecule has 0 spiro atoms. The second-order valence-corrected chi connectivity index (χ2v) is 10.2. The lowest BCUT2D eigenvalue weighted by atomic mass is 9.72. The summed E-state index contributed by atoms with van der Waals surface area (Å²) in [5.74, 6) is -0.901. The molecule has 0 radical (unpaired) electrons. The number of carboxylic acid groups (broad SMARTS) is 1. The third-order valence-electron chi connectivity index (χ3n) is 6.30. The quantitative estimate of drug-likeness (QED) is 0.366. The molecular weight excluding hydrogens is 400 g/mol. The molecule has 154 valence electrons. The maximum Gasteiger partial charge on any atom is 0.335 e. The summed E-state index contributed by atoms with van der Waals surface area (Å²) in [6.07, 6.45) is 3.41. The van der Waals surface area contributed by atoms with E-state index in [0.717, 1.165) is 17.5 Å². The summed E-state index contributed by atoms with van der Waals surface area (Å²) < 4.78 is 0. The first-order chi connectivity index (χ1) is 14.8. The lowest BCUT2D eigenvalue weighted by Gasteiger charge is -2.32. The third kappa shape index (κ3) is 3.39. The molecule has 0 atom stereocenters. The van der Waals surface area contributed by atoms with Crippen molar-refractivity contribution in [2.45, 2.75) is 32.6 Å². The van der Waals surface area contributed by atoms with Gasteiger partial charge in [-0.3, -0.25) is 0 Å². The smallest absolute Gasteiger partial charge is 0.335 e. The van der Waals surface area contributed by atoms with Crippen LogP contribution in [0.25, 0.3) is 27.5 Å². The Balaban J connectivity index is 1.73. The highest BCUT2D eigenvalue weighted by Crippen LogP contribution is 2.45. The number of aromatic carboxylic acids is 1. The molecule has 3 heteroatoms. The first-order valence-electron chi connectivity index (χ1n) is 10.5. The van der Waals surface area contributed by atoms with E-state index in [1.54, 1.807) is 12.1 Å². The molecule has 1 aliphatic rings. The fraction of sp³-hybridized carbons (Fsp3) is 0.179. The molecule has 0 amide bonds. The van der Waals surface area contributed by atoms with Crippen LogP contribution in [0.1, 0.15) is 51.5 Å². The summed E-state index contributed by atoms with van der Waals surface area (Å²) in [6, 6.07) is 22.7. The van der Waals surface area contributed by atoms with Gasteiger partial charge in [0.1, 0.15) is 0 Å². The van der Waals surface area contributed by atoms with Gasteiger partial charge in [-0.1, -0.05) is 50.3 Å². The minimum Gasteiger partial charge on any atom is -0.478 e. The number of benzene rings is 3. The third-order valence-corrected chi connectivity index (χ3v) is 7.34. The number of fused-ring (bicyclic) bond motifs is 2. The van der Waals surface area contributed by atoms with Gasteiger partial charge in [0.25, 0.3) is 0 Å². The number of hydrogen-bond acceptors (Lipinski definition) is 2. The topological polar surface area (TPSA) is 37.3 Å². The maximum atomic E-state index is 11.2. The highest BCUT2D eigenvalue weighted by Gasteiger charge is 2.29. The van der Waals surface area contributed by atoms with Crippen molar-refractivity contribution in [2.24, 2.45) is 0 Å². The van der Waals surface area contributed by atoms with Gasteiger partial charge in [0.15, 0.2) is 0 Å². The van der Waals surface area contributed by atoms with Crippen molar-refractivity contribution in [3.63, 3.8) is 0 Å². The van der Waals surface area contributed by atoms with Gasteiger partial charge in [-0.05, 0) is 93.8 Å². The van der Waals surface area contributed by atoms with Crippen LogP contribution in [-0.4, -0.2) is 11.1 Å². The fourth-order valence-electron chi connectivity index (χ4n) is 4.54. The molecule has 4 aromatic rings. The van der Waals surface area contributed by atoms with Crippen LogP contribution in [0.2, 0.25) is 0 Å². The maximum absolute atomic E-state index is 11.2. The van der Waals surface area contributed by atoms with E-state index < -0.39 is 5.97 Å². The molecule has 1 heterocycles. The van der Waals surface area contributed by atoms with Crippen molar-refractivity contribution in [1.29, 1.82) is 0 Å². The van der Waals surface area contributed by atoms with Gasteiger partial charge in [-0.25, -0.2) is 4.79 Å². The molecule has 31 heavy (non-hydrogen) atoms. The van der Waals surface area contributed by atoms with Crippen molar-refractivity contribution in [3.05, 3.63) is 99.3 Å². The number of rotatable bonds is 3. The lowest BCUT2D eigenvalue weighted by molar-refractivity contribution is 0.0697. The lowest BCUT2D eigenvalue weighted by Crippen LogP contribution is -2.21. The SMILES string of the molecule is Cc1ccc(C2=CCC(C)(C)c3cc4cccc(-c5ccc(C(=O)O)cc5)c4cc32)s1. The summed E-state index contributed by atoms with van der Waals surface area (Å²) in [5, 5.41) is 11.6. The number of aryl methyl sites for hydroxylation is 1. The normalized spacial score (nSPS) is 14.9. The number of carboxylic acids is 1. The molecule has 1 aromatic heterocycles. The average Bonchev–Trinajstić information content (AvgIpc) is 3.18. The van der Waals surface area contributed by atoms with Gasteiger partial charge in [-0.15, -0.1) is 11.3 Å². The van der Waals surface area contributed by atoms with Gasteiger partial charge in [-0.2, -0.15) is 0 Å². The Bertz CT molecular complexity index is 1350. The minimum absolute atomic E-state index is 0.0818. The van der Waals surface area contributed by atoms with Gasteiger partial charge < -0.3 is 5.11 Å². The zero-order valence-electron chi connectivity index (χ0n) is 17.9. The molecular formula is C28H24O2S. The summed E-state index contributed by atoms with van der Waals surface area (Å²) in [5.41, 5.74) is 6.57. The molecule has 0 saturated heterocycles. The molecule has 2 nitrogen and oxygen atoms in total. The van der Waals surface area contributed by atoms with Crippen molar-refractivity contribution in [3.8, 4) is 11.1 Å². The minimum atomic E-state index is -0.901. The van der Waals surface area contributed by atoms with Crippen LogP contribution < -0.4 is 0 Å². The Morgan fingerprint density at radius 3 is 2.42 bits per heavy atom. The number of thiophene rings is 1. The van der Waals surface area contributed by atoms with E-state index in [1.807, 2.05) is 23.5 Å². The molecule has 0 unspecified atom stereocenters. The van der Waals surface area contributed by atoms with Crippen LogP contribution in [0.4, 0.5) is 0 Å². The molecule has 5 rings (SSSR count). The Morgan fingerprint density at radius 2 is 1.74 bits per heavy atom. The van der Waals surface area contributed by atoms with Gasteiger partial charge in [0, 0.05) is 9.75 Å². The molecule has 0 fully saturated rings. The Morgan fingerprint density at radius 1 is 0.968 bits per heavy atom. The van der Waals surface area contributed by atoms with Crippen molar-refractivity contribution in [1.82, 2.24) is 0 Å². The van der Waals surface area contributed by atoms with Crippen LogP contribution >= 0.6 is 11.3 Å². The summed E-state index contributed by atoms with van der Waals surface area (Å²) in [7, 11) is 0. The van der Waals surface area contributed by atoms with E-state index in [1.165, 1.54) is 37.2 Å². The first kappa shape index (κ1) is 19.8. The van der Waals surface area contributed by atoms with Gasteiger partial charge in [0.05, 0.1) is 5.56 Å². The van der Waals surface area contributed by atoms with E-state index in [-0.39, 0.29) is 5.41 Å². The first-order valence-corrected chi connectivity index (χ1v) is 11.3. The second-order valence-electron chi connectivity index (χ2n) is 8.92. The Labute approximate surface area is 186 Å². The second kappa shape index (κ2) is 7.21. The average molecular weight is 425 g/mol. The monoisotopic (exact) mass is 424 g/mol. The highest BCUT2D eigenvalue weighted by molar-refractivity contribution is 7.13. The molecule has 0 saturated carbocycles. The summed E-state index contributed by atoms with van der Waals surface area (Å²) in [4.78, 5) is 13.9. The van der Waals surface area contributed by atoms with Crippen molar-refractivity contribution < 1.29 is 9.90 Å². The summed E-state index contributed by atoms with van der Waals surface area (Å²) >= 11 is 1.84. The van der Waals surface area contributed by atoms with Crippen LogP contribution in [0.15, 0.2) is 72.8 Å². The predicted molar refractivity (Wildman–Crippen MR) is 130 cm³/mol. The van der Waals surface area contributed by atoms with E-state index in [2.05, 4.69) is 69.3 Å². The fourth-order valence-corrected chi connectivity index (χ4v) is 5.46. The van der Waals surface area contributed by atoms with Crippen molar-refractivity contribution >= 4 is 33.7 Å². The van der Waals surface area contributed by atoms with Gasteiger partial charge >= 0.3 is 5.97 Å². The van der Waals surface area contributed by atoms with E-state index >= 15 is 0 Å². The Kier molecular flexibility index (Phi) is 4.60. The van der Waals surface area contributed by atoms with Gasteiger partial charge in [0.2, 0.25) is 0 Å². The van der Waals surface area contributed by atoms with Crippen LogP contribution in [0.5, 0.6) is 0 Å². The molecule has 1 aliphatic carbocycles. The zero-order chi connectivity index (χ0) is 21.8.